The molecule has 2 heteroatoms. The third-order valence-electron chi connectivity index (χ3n) is 2.48. The Balaban J connectivity index is 2.12. The highest BCUT2D eigenvalue weighted by Gasteiger charge is 1.92. The van der Waals surface area contributed by atoms with Gasteiger partial charge in [0.2, 0.25) is 6.86 Å². The maximum atomic E-state index is 11.9. The van der Waals surface area contributed by atoms with Crippen molar-refractivity contribution in [3.8, 4) is 17.6 Å². The number of halogens is 1. The molecular formula is C16H13FO. The zero-order valence-electron chi connectivity index (χ0n) is 10.1. The summed E-state index contributed by atoms with van der Waals surface area (Å²) in [6.07, 6.45) is 0. The molecule has 0 atom stereocenters. The summed E-state index contributed by atoms with van der Waals surface area (Å²) in [5.41, 5.74) is 3.07. The van der Waals surface area contributed by atoms with E-state index in [-0.39, 0.29) is 0 Å². The molecule has 0 spiro atoms. The topological polar surface area (TPSA) is 9.23 Å². The number of hydrogen-bond acceptors (Lipinski definition) is 1. The fourth-order valence-electron chi connectivity index (χ4n) is 1.48. The van der Waals surface area contributed by atoms with Crippen LogP contribution in [0.15, 0.2) is 48.5 Å². The van der Waals surface area contributed by atoms with Gasteiger partial charge in [0.05, 0.1) is 0 Å². The van der Waals surface area contributed by atoms with Crippen molar-refractivity contribution in [1.82, 2.24) is 0 Å². The van der Waals surface area contributed by atoms with E-state index in [4.69, 9.17) is 4.74 Å². The summed E-state index contributed by atoms with van der Waals surface area (Å²) >= 11 is 0. The minimum Gasteiger partial charge on any atom is -0.463 e. The Bertz CT molecular complexity index is 559. The summed E-state index contributed by atoms with van der Waals surface area (Å²) in [5, 5.41) is 0. The molecule has 1 nitrogen and oxygen atoms in total. The second kappa shape index (κ2) is 5.88. The molecule has 0 bridgehead atoms. The lowest BCUT2D eigenvalue weighted by molar-refractivity contribution is 0.192. The van der Waals surface area contributed by atoms with E-state index in [1.807, 2.05) is 43.3 Å². The van der Waals surface area contributed by atoms with Gasteiger partial charge >= 0.3 is 0 Å². The van der Waals surface area contributed by atoms with Gasteiger partial charge in [-0.3, -0.25) is 0 Å². The summed E-state index contributed by atoms with van der Waals surface area (Å²) in [7, 11) is 0. The van der Waals surface area contributed by atoms with Crippen LogP contribution in [0.1, 0.15) is 16.7 Å². The van der Waals surface area contributed by atoms with Crippen molar-refractivity contribution in [1.29, 1.82) is 0 Å². The molecule has 18 heavy (non-hydrogen) atoms. The highest BCUT2D eigenvalue weighted by Crippen LogP contribution is 2.11. The van der Waals surface area contributed by atoms with E-state index < -0.39 is 6.86 Å². The van der Waals surface area contributed by atoms with Crippen LogP contribution in [-0.4, -0.2) is 6.86 Å². The molecule has 2 aromatic carbocycles. The Kier molecular flexibility index (Phi) is 3.98. The predicted octanol–water partition coefficient (Wildman–Crippen LogP) is 3.70. The Hall–Kier alpha value is -2.27. The van der Waals surface area contributed by atoms with Gasteiger partial charge in [-0.1, -0.05) is 29.5 Å². The normalized spacial score (nSPS) is 9.44. The Morgan fingerprint density at radius 2 is 1.39 bits per heavy atom. The standard InChI is InChI=1S/C16H13FO/c1-13-2-4-14(5-3-13)6-7-15-8-10-16(11-9-15)18-12-17/h2-5,8-11H,12H2,1H3. The number of hydrogen-bond donors (Lipinski definition) is 0. The summed E-state index contributed by atoms with van der Waals surface area (Å²) in [4.78, 5) is 0. The van der Waals surface area contributed by atoms with Crippen molar-refractivity contribution in [2.75, 3.05) is 6.86 Å². The van der Waals surface area contributed by atoms with E-state index in [1.54, 1.807) is 12.1 Å². The first-order valence-corrected chi connectivity index (χ1v) is 5.65. The summed E-state index contributed by atoms with van der Waals surface area (Å²) < 4.78 is 16.7. The van der Waals surface area contributed by atoms with E-state index >= 15 is 0 Å². The minimum absolute atomic E-state index is 0.512. The number of rotatable bonds is 2. The van der Waals surface area contributed by atoms with Crippen molar-refractivity contribution in [2.24, 2.45) is 0 Å². The van der Waals surface area contributed by atoms with Gasteiger partial charge in [0.1, 0.15) is 5.75 Å². The summed E-state index contributed by atoms with van der Waals surface area (Å²) in [5.74, 6) is 6.64. The summed E-state index contributed by atoms with van der Waals surface area (Å²) in [6.45, 7) is 1.23. The van der Waals surface area contributed by atoms with Gasteiger partial charge < -0.3 is 4.74 Å². The molecule has 90 valence electrons. The van der Waals surface area contributed by atoms with Crippen molar-refractivity contribution in [3.05, 3.63) is 65.2 Å². The Morgan fingerprint density at radius 1 is 0.889 bits per heavy atom. The summed E-state index contributed by atoms with van der Waals surface area (Å²) in [6, 6.07) is 15.1. The molecular weight excluding hydrogens is 227 g/mol. The van der Waals surface area contributed by atoms with Gasteiger partial charge in [0.25, 0.3) is 0 Å². The predicted molar refractivity (Wildman–Crippen MR) is 70.2 cm³/mol. The smallest absolute Gasteiger partial charge is 0.228 e. The van der Waals surface area contributed by atoms with E-state index in [0.717, 1.165) is 11.1 Å². The van der Waals surface area contributed by atoms with Gasteiger partial charge in [0.15, 0.2) is 0 Å². The van der Waals surface area contributed by atoms with Crippen molar-refractivity contribution < 1.29 is 9.13 Å². The molecule has 2 aromatic rings. The quantitative estimate of drug-likeness (QED) is 0.727. The molecule has 0 aromatic heterocycles. The van der Waals surface area contributed by atoms with Crippen LogP contribution in [0.4, 0.5) is 4.39 Å². The van der Waals surface area contributed by atoms with Gasteiger partial charge in [-0.05, 0) is 43.3 Å². The highest BCUT2D eigenvalue weighted by atomic mass is 19.1. The first-order chi connectivity index (χ1) is 8.78. The van der Waals surface area contributed by atoms with Crippen LogP contribution in [-0.2, 0) is 0 Å². The Labute approximate surface area is 106 Å². The average Bonchev–Trinajstić information content (AvgIpc) is 2.40. The van der Waals surface area contributed by atoms with Crippen molar-refractivity contribution >= 4 is 0 Å². The molecule has 0 N–H and O–H groups in total. The lowest BCUT2D eigenvalue weighted by atomic mass is 10.1. The fourth-order valence-corrected chi connectivity index (χ4v) is 1.48. The molecule has 0 amide bonds. The SMILES string of the molecule is Cc1ccc(C#Cc2ccc(OCF)cc2)cc1. The lowest BCUT2D eigenvalue weighted by Gasteiger charge is -1.99. The van der Waals surface area contributed by atoms with Gasteiger partial charge in [0, 0.05) is 11.1 Å². The molecule has 0 aliphatic heterocycles. The largest absolute Gasteiger partial charge is 0.463 e. The molecule has 0 saturated carbocycles. The number of benzene rings is 2. The second-order valence-electron chi connectivity index (χ2n) is 3.89. The minimum atomic E-state index is -0.811. The first kappa shape index (κ1) is 12.2. The molecule has 0 fully saturated rings. The lowest BCUT2D eigenvalue weighted by Crippen LogP contribution is -1.89. The van der Waals surface area contributed by atoms with Crippen LogP contribution in [0.2, 0.25) is 0 Å². The molecule has 0 aliphatic carbocycles. The first-order valence-electron chi connectivity index (χ1n) is 5.65. The van der Waals surface area contributed by atoms with E-state index in [9.17, 15) is 4.39 Å². The van der Waals surface area contributed by atoms with Crippen LogP contribution in [0, 0.1) is 18.8 Å². The zero-order valence-corrected chi connectivity index (χ0v) is 10.1. The molecule has 0 unspecified atom stereocenters. The van der Waals surface area contributed by atoms with Gasteiger partial charge in [-0.2, -0.15) is 0 Å². The maximum absolute atomic E-state index is 11.9. The molecule has 0 aliphatic rings. The zero-order chi connectivity index (χ0) is 12.8. The second-order valence-corrected chi connectivity index (χ2v) is 3.89. The van der Waals surface area contributed by atoms with Gasteiger partial charge in [-0.15, -0.1) is 0 Å². The monoisotopic (exact) mass is 240 g/mol. The fraction of sp³-hybridized carbons (Fsp3) is 0.125. The van der Waals surface area contributed by atoms with Crippen LogP contribution >= 0.6 is 0 Å². The van der Waals surface area contributed by atoms with Crippen LogP contribution in [0.5, 0.6) is 5.75 Å². The van der Waals surface area contributed by atoms with Crippen LogP contribution < -0.4 is 4.74 Å². The van der Waals surface area contributed by atoms with E-state index in [2.05, 4.69) is 11.8 Å². The van der Waals surface area contributed by atoms with Crippen molar-refractivity contribution in [3.63, 3.8) is 0 Å². The van der Waals surface area contributed by atoms with Gasteiger partial charge in [-0.25, -0.2) is 4.39 Å². The number of ether oxygens (including phenoxy) is 1. The van der Waals surface area contributed by atoms with E-state index in [0.29, 0.717) is 5.75 Å². The Morgan fingerprint density at radius 3 is 1.89 bits per heavy atom. The molecule has 2 rings (SSSR count). The maximum Gasteiger partial charge on any atom is 0.228 e. The third kappa shape index (κ3) is 3.36. The average molecular weight is 240 g/mol. The van der Waals surface area contributed by atoms with Crippen molar-refractivity contribution in [2.45, 2.75) is 6.92 Å². The van der Waals surface area contributed by atoms with E-state index in [1.165, 1.54) is 5.56 Å². The van der Waals surface area contributed by atoms with Crippen LogP contribution in [0.25, 0.3) is 0 Å². The number of alkyl halides is 1. The molecule has 0 radical (unpaired) electrons. The number of aryl methyl sites for hydroxylation is 1. The molecule has 0 saturated heterocycles. The highest BCUT2D eigenvalue weighted by molar-refractivity contribution is 5.44. The molecule has 0 heterocycles. The van der Waals surface area contributed by atoms with Crippen LogP contribution in [0.3, 0.4) is 0 Å². The third-order valence-corrected chi connectivity index (χ3v) is 2.48.